The summed E-state index contributed by atoms with van der Waals surface area (Å²) in [6.07, 6.45) is 0. The SMILES string of the molecule is NCc1nnc(-c2ccc(F)cc2)o1. The molecule has 2 rings (SSSR count). The van der Waals surface area contributed by atoms with E-state index in [9.17, 15) is 4.39 Å². The van der Waals surface area contributed by atoms with Crippen molar-refractivity contribution in [3.63, 3.8) is 0 Å². The molecule has 0 saturated carbocycles. The second kappa shape index (κ2) is 3.55. The summed E-state index contributed by atoms with van der Waals surface area (Å²) in [5.74, 6) is 0.419. The van der Waals surface area contributed by atoms with Crippen LogP contribution in [0.1, 0.15) is 5.89 Å². The zero-order valence-electron chi connectivity index (χ0n) is 7.27. The highest BCUT2D eigenvalue weighted by molar-refractivity contribution is 5.51. The molecule has 72 valence electrons. The highest BCUT2D eigenvalue weighted by atomic mass is 19.1. The molecule has 0 amide bonds. The second-order valence-electron chi connectivity index (χ2n) is 2.71. The van der Waals surface area contributed by atoms with Crippen molar-refractivity contribution in [2.75, 3.05) is 0 Å². The molecular formula is C9H8FN3O. The van der Waals surface area contributed by atoms with Gasteiger partial charge in [-0.15, -0.1) is 10.2 Å². The summed E-state index contributed by atoms with van der Waals surface area (Å²) in [6, 6.07) is 5.82. The lowest BCUT2D eigenvalue weighted by Crippen LogP contribution is -1.95. The Bertz CT molecular complexity index is 424. The van der Waals surface area contributed by atoms with Gasteiger partial charge in [-0.25, -0.2) is 4.39 Å². The Morgan fingerprint density at radius 3 is 2.50 bits per heavy atom. The van der Waals surface area contributed by atoms with Crippen LogP contribution >= 0.6 is 0 Å². The lowest BCUT2D eigenvalue weighted by Gasteiger charge is -1.92. The Morgan fingerprint density at radius 1 is 1.21 bits per heavy atom. The summed E-state index contributed by atoms with van der Waals surface area (Å²) in [4.78, 5) is 0. The summed E-state index contributed by atoms with van der Waals surface area (Å²) in [7, 11) is 0. The molecule has 0 aliphatic heterocycles. The number of hydrogen-bond acceptors (Lipinski definition) is 4. The van der Waals surface area contributed by atoms with E-state index in [4.69, 9.17) is 10.2 Å². The number of rotatable bonds is 2. The van der Waals surface area contributed by atoms with Crippen molar-refractivity contribution in [1.29, 1.82) is 0 Å². The van der Waals surface area contributed by atoms with Crippen LogP contribution in [-0.4, -0.2) is 10.2 Å². The van der Waals surface area contributed by atoms with E-state index in [1.807, 2.05) is 0 Å². The minimum absolute atomic E-state index is 0.203. The first-order valence-electron chi connectivity index (χ1n) is 4.08. The van der Waals surface area contributed by atoms with Gasteiger partial charge in [0.2, 0.25) is 11.8 Å². The van der Waals surface area contributed by atoms with Crippen LogP contribution in [0.4, 0.5) is 4.39 Å². The van der Waals surface area contributed by atoms with Crippen molar-refractivity contribution in [1.82, 2.24) is 10.2 Å². The molecule has 0 unspecified atom stereocenters. The number of hydrogen-bond donors (Lipinski definition) is 1. The maximum absolute atomic E-state index is 12.6. The predicted octanol–water partition coefficient (Wildman–Crippen LogP) is 1.33. The largest absolute Gasteiger partial charge is 0.419 e. The van der Waals surface area contributed by atoms with Crippen LogP contribution in [0.2, 0.25) is 0 Å². The van der Waals surface area contributed by atoms with Crippen LogP contribution in [0.3, 0.4) is 0 Å². The van der Waals surface area contributed by atoms with Crippen LogP contribution < -0.4 is 5.73 Å². The van der Waals surface area contributed by atoms with Gasteiger partial charge in [-0.2, -0.15) is 0 Å². The van der Waals surface area contributed by atoms with Crippen LogP contribution in [0, 0.1) is 5.82 Å². The van der Waals surface area contributed by atoms with E-state index in [-0.39, 0.29) is 12.4 Å². The van der Waals surface area contributed by atoms with E-state index < -0.39 is 0 Å². The fraction of sp³-hybridized carbons (Fsp3) is 0.111. The van der Waals surface area contributed by atoms with Crippen LogP contribution in [0.25, 0.3) is 11.5 Å². The van der Waals surface area contributed by atoms with E-state index in [0.717, 1.165) is 0 Å². The Labute approximate surface area is 79.6 Å². The molecule has 1 aromatic heterocycles. The number of benzene rings is 1. The lowest BCUT2D eigenvalue weighted by molar-refractivity contribution is 0.508. The molecule has 2 N–H and O–H groups in total. The number of halogens is 1. The van der Waals surface area contributed by atoms with Gasteiger partial charge in [-0.1, -0.05) is 0 Å². The molecule has 1 aromatic carbocycles. The minimum Gasteiger partial charge on any atom is -0.419 e. The molecule has 0 bridgehead atoms. The van der Waals surface area contributed by atoms with E-state index in [2.05, 4.69) is 10.2 Å². The van der Waals surface area contributed by atoms with Gasteiger partial charge in [0, 0.05) is 5.56 Å². The van der Waals surface area contributed by atoms with Crippen molar-refractivity contribution in [2.24, 2.45) is 5.73 Å². The molecular weight excluding hydrogens is 185 g/mol. The Morgan fingerprint density at radius 2 is 1.93 bits per heavy atom. The fourth-order valence-corrected chi connectivity index (χ4v) is 1.05. The third-order valence-electron chi connectivity index (χ3n) is 1.73. The molecule has 0 aliphatic rings. The molecule has 2 aromatic rings. The molecule has 0 fully saturated rings. The molecule has 0 spiro atoms. The van der Waals surface area contributed by atoms with Gasteiger partial charge in [-0.3, -0.25) is 0 Å². The van der Waals surface area contributed by atoms with Crippen molar-refractivity contribution < 1.29 is 8.81 Å². The predicted molar refractivity (Wildman–Crippen MR) is 47.6 cm³/mol. The van der Waals surface area contributed by atoms with E-state index >= 15 is 0 Å². The van der Waals surface area contributed by atoms with Crippen LogP contribution in [-0.2, 0) is 6.54 Å². The van der Waals surface area contributed by atoms with Gasteiger partial charge >= 0.3 is 0 Å². The topological polar surface area (TPSA) is 64.9 Å². The number of aromatic nitrogens is 2. The van der Waals surface area contributed by atoms with Gasteiger partial charge in [0.25, 0.3) is 0 Å². The van der Waals surface area contributed by atoms with Gasteiger partial charge < -0.3 is 10.2 Å². The van der Waals surface area contributed by atoms with Crippen molar-refractivity contribution in [3.8, 4) is 11.5 Å². The molecule has 0 aliphatic carbocycles. The molecule has 0 radical (unpaired) electrons. The van der Waals surface area contributed by atoms with E-state index in [1.54, 1.807) is 12.1 Å². The van der Waals surface area contributed by atoms with Crippen LogP contribution in [0.15, 0.2) is 28.7 Å². The average Bonchev–Trinajstić information content (AvgIpc) is 2.67. The van der Waals surface area contributed by atoms with Gasteiger partial charge in [0.1, 0.15) is 5.82 Å². The standard InChI is InChI=1S/C9H8FN3O/c10-7-3-1-6(2-4-7)9-13-12-8(5-11)14-9/h1-4H,5,11H2. The van der Waals surface area contributed by atoms with Gasteiger partial charge in [0.15, 0.2) is 0 Å². The molecule has 5 heteroatoms. The third-order valence-corrected chi connectivity index (χ3v) is 1.73. The Balaban J connectivity index is 2.34. The summed E-state index contributed by atoms with van der Waals surface area (Å²) in [5, 5.41) is 7.47. The highest BCUT2D eigenvalue weighted by Gasteiger charge is 2.06. The van der Waals surface area contributed by atoms with Crippen molar-refractivity contribution >= 4 is 0 Å². The fourth-order valence-electron chi connectivity index (χ4n) is 1.05. The summed E-state index contributed by atoms with van der Waals surface area (Å²) in [6.45, 7) is 0.203. The third kappa shape index (κ3) is 1.62. The second-order valence-corrected chi connectivity index (χ2v) is 2.71. The normalized spacial score (nSPS) is 10.4. The zero-order valence-corrected chi connectivity index (χ0v) is 7.27. The number of nitrogens with two attached hydrogens (primary N) is 1. The summed E-state index contributed by atoms with van der Waals surface area (Å²) >= 11 is 0. The highest BCUT2D eigenvalue weighted by Crippen LogP contribution is 2.17. The quantitative estimate of drug-likeness (QED) is 0.781. The van der Waals surface area contributed by atoms with Crippen molar-refractivity contribution in [2.45, 2.75) is 6.54 Å². The lowest BCUT2D eigenvalue weighted by atomic mass is 10.2. The molecule has 1 heterocycles. The summed E-state index contributed by atoms with van der Waals surface area (Å²) < 4.78 is 17.8. The number of nitrogens with zero attached hydrogens (tertiary/aromatic N) is 2. The monoisotopic (exact) mass is 193 g/mol. The van der Waals surface area contributed by atoms with Crippen molar-refractivity contribution in [3.05, 3.63) is 36.0 Å². The molecule has 0 saturated heterocycles. The molecule has 4 nitrogen and oxygen atoms in total. The maximum Gasteiger partial charge on any atom is 0.247 e. The van der Waals surface area contributed by atoms with Gasteiger partial charge in [-0.05, 0) is 24.3 Å². The molecule has 0 atom stereocenters. The van der Waals surface area contributed by atoms with Gasteiger partial charge in [0.05, 0.1) is 6.54 Å². The van der Waals surface area contributed by atoms with E-state index in [0.29, 0.717) is 17.3 Å². The Kier molecular flexibility index (Phi) is 2.24. The first kappa shape index (κ1) is 8.83. The smallest absolute Gasteiger partial charge is 0.247 e. The van der Waals surface area contributed by atoms with Crippen LogP contribution in [0.5, 0.6) is 0 Å². The Hall–Kier alpha value is -1.75. The zero-order chi connectivity index (χ0) is 9.97. The van der Waals surface area contributed by atoms with E-state index in [1.165, 1.54) is 12.1 Å². The summed E-state index contributed by atoms with van der Waals surface area (Å²) in [5.41, 5.74) is 5.99. The first-order chi connectivity index (χ1) is 6.79. The molecule has 14 heavy (non-hydrogen) atoms. The first-order valence-corrected chi connectivity index (χ1v) is 4.08. The minimum atomic E-state index is -0.299. The maximum atomic E-state index is 12.6. The average molecular weight is 193 g/mol.